The Labute approximate surface area is 155 Å². The lowest BCUT2D eigenvalue weighted by Crippen LogP contribution is -2.11. The van der Waals surface area contributed by atoms with Crippen LogP contribution >= 0.6 is 23.2 Å². The van der Waals surface area contributed by atoms with Crippen LogP contribution in [0.3, 0.4) is 0 Å². The summed E-state index contributed by atoms with van der Waals surface area (Å²) in [7, 11) is 2.79. The maximum atomic E-state index is 12.5. The normalized spacial score (nSPS) is 10.4. The molecule has 0 fully saturated rings. The molecule has 0 unspecified atom stereocenters. The molecule has 2 N–H and O–H groups in total. The topological polar surface area (TPSA) is 78.6 Å². The van der Waals surface area contributed by atoms with Crippen molar-refractivity contribution in [3.63, 3.8) is 0 Å². The number of benzene rings is 2. The SMILES string of the molecule is COC(=O)c1c(Cl)cc(C(=O)CCc2cccc(OC)c2)c(N)c1Cl. The number of hydrogen-bond acceptors (Lipinski definition) is 5. The molecule has 2 aromatic carbocycles. The molecule has 2 rings (SSSR count). The van der Waals surface area contributed by atoms with Crippen molar-refractivity contribution in [1.29, 1.82) is 0 Å². The van der Waals surface area contributed by atoms with Crippen molar-refractivity contribution >= 4 is 40.6 Å². The molecule has 0 amide bonds. The molecule has 0 aliphatic carbocycles. The van der Waals surface area contributed by atoms with Crippen LogP contribution in [-0.4, -0.2) is 26.0 Å². The highest BCUT2D eigenvalue weighted by molar-refractivity contribution is 6.41. The number of anilines is 1. The molecule has 5 nitrogen and oxygen atoms in total. The maximum Gasteiger partial charge on any atom is 0.340 e. The highest BCUT2D eigenvalue weighted by Gasteiger charge is 2.23. The first-order chi connectivity index (χ1) is 11.9. The van der Waals surface area contributed by atoms with Gasteiger partial charge in [0.15, 0.2) is 5.78 Å². The zero-order chi connectivity index (χ0) is 18.6. The number of esters is 1. The van der Waals surface area contributed by atoms with E-state index in [1.54, 1.807) is 7.11 Å². The lowest BCUT2D eigenvalue weighted by atomic mass is 9.99. The van der Waals surface area contributed by atoms with E-state index < -0.39 is 5.97 Å². The molecule has 0 spiro atoms. The van der Waals surface area contributed by atoms with E-state index in [2.05, 4.69) is 4.74 Å². The summed E-state index contributed by atoms with van der Waals surface area (Å²) in [6.07, 6.45) is 0.713. The van der Waals surface area contributed by atoms with Gasteiger partial charge in [0, 0.05) is 12.0 Å². The van der Waals surface area contributed by atoms with Crippen molar-refractivity contribution in [2.45, 2.75) is 12.8 Å². The van der Waals surface area contributed by atoms with Gasteiger partial charge in [0.05, 0.1) is 35.5 Å². The van der Waals surface area contributed by atoms with Crippen molar-refractivity contribution in [2.24, 2.45) is 0 Å². The van der Waals surface area contributed by atoms with Crippen LogP contribution in [0, 0.1) is 0 Å². The molecular weight excluding hydrogens is 365 g/mol. The number of hydrogen-bond donors (Lipinski definition) is 1. The molecule has 0 aromatic heterocycles. The third kappa shape index (κ3) is 4.24. The lowest BCUT2D eigenvalue weighted by Gasteiger charge is -2.12. The predicted molar refractivity (Wildman–Crippen MR) is 97.9 cm³/mol. The van der Waals surface area contributed by atoms with Crippen LogP contribution < -0.4 is 10.5 Å². The third-order valence-corrected chi connectivity index (χ3v) is 4.41. The Morgan fingerprint density at radius 3 is 2.52 bits per heavy atom. The summed E-state index contributed by atoms with van der Waals surface area (Å²) in [6.45, 7) is 0. The Morgan fingerprint density at radius 2 is 1.88 bits per heavy atom. The molecule has 0 heterocycles. The number of ether oxygens (including phenoxy) is 2. The van der Waals surface area contributed by atoms with Crippen LogP contribution in [0.2, 0.25) is 10.0 Å². The Bertz CT molecular complexity index is 821. The van der Waals surface area contributed by atoms with E-state index in [4.69, 9.17) is 33.7 Å². The van der Waals surface area contributed by atoms with Crippen LogP contribution in [0.1, 0.15) is 32.7 Å². The first-order valence-corrected chi connectivity index (χ1v) is 8.16. The summed E-state index contributed by atoms with van der Waals surface area (Å²) in [5, 5.41) is -0.0557. The largest absolute Gasteiger partial charge is 0.497 e. The highest BCUT2D eigenvalue weighted by Crippen LogP contribution is 2.34. The summed E-state index contributed by atoms with van der Waals surface area (Å²) in [5.41, 5.74) is 7.03. The number of aryl methyl sites for hydroxylation is 1. The van der Waals surface area contributed by atoms with E-state index in [0.717, 1.165) is 11.3 Å². The zero-order valence-electron chi connectivity index (χ0n) is 13.8. The van der Waals surface area contributed by atoms with Gasteiger partial charge < -0.3 is 15.2 Å². The van der Waals surface area contributed by atoms with Gasteiger partial charge in [-0.1, -0.05) is 35.3 Å². The van der Waals surface area contributed by atoms with Crippen molar-refractivity contribution in [3.05, 3.63) is 57.1 Å². The van der Waals surface area contributed by atoms with Gasteiger partial charge in [-0.2, -0.15) is 0 Å². The highest BCUT2D eigenvalue weighted by atomic mass is 35.5. The van der Waals surface area contributed by atoms with E-state index >= 15 is 0 Å². The van der Waals surface area contributed by atoms with E-state index in [9.17, 15) is 9.59 Å². The van der Waals surface area contributed by atoms with E-state index in [1.165, 1.54) is 13.2 Å². The third-order valence-electron chi connectivity index (χ3n) is 3.72. The van der Waals surface area contributed by atoms with Gasteiger partial charge in [-0.05, 0) is 30.2 Å². The number of nitrogens with two attached hydrogens (primary N) is 1. The number of carbonyl (C=O) groups excluding carboxylic acids is 2. The molecule has 0 aliphatic rings. The van der Waals surface area contributed by atoms with Crippen LogP contribution in [0.25, 0.3) is 0 Å². The van der Waals surface area contributed by atoms with Crippen molar-refractivity contribution in [3.8, 4) is 5.75 Å². The van der Waals surface area contributed by atoms with E-state index in [1.807, 2.05) is 24.3 Å². The van der Waals surface area contributed by atoms with E-state index in [0.29, 0.717) is 6.42 Å². The fourth-order valence-electron chi connectivity index (χ4n) is 2.37. The molecular formula is C18H17Cl2NO4. The number of carbonyl (C=O) groups is 2. The standard InChI is InChI=1S/C18H17Cl2NO4/c1-24-11-5-3-4-10(8-11)6-7-14(22)12-9-13(19)15(18(23)25-2)16(20)17(12)21/h3-5,8-9H,6-7,21H2,1-2H3. The molecule has 7 heteroatoms. The van der Waals surface area contributed by atoms with Crippen LogP contribution in [0.15, 0.2) is 30.3 Å². The molecule has 132 valence electrons. The minimum atomic E-state index is -0.711. The fourth-order valence-corrected chi connectivity index (χ4v) is 2.98. The van der Waals surface area contributed by atoms with Crippen LogP contribution in [0.5, 0.6) is 5.75 Å². The molecule has 0 atom stereocenters. The molecule has 0 radical (unpaired) electrons. The van der Waals surface area contributed by atoms with Crippen LogP contribution in [0.4, 0.5) is 5.69 Å². The van der Waals surface area contributed by atoms with Gasteiger partial charge in [0.25, 0.3) is 0 Å². The molecule has 2 aromatic rings. The second kappa shape index (κ2) is 8.23. The number of Topliss-reactive ketones (excluding diaryl/α,β-unsaturated/α-hetero) is 1. The average molecular weight is 382 g/mol. The average Bonchev–Trinajstić information content (AvgIpc) is 2.62. The quantitative estimate of drug-likeness (QED) is 0.461. The Hall–Kier alpha value is -2.24. The molecule has 0 aliphatic heterocycles. The van der Waals surface area contributed by atoms with Gasteiger partial charge in [0.1, 0.15) is 5.75 Å². The van der Waals surface area contributed by atoms with Crippen molar-refractivity contribution in [2.75, 3.05) is 20.0 Å². The van der Waals surface area contributed by atoms with Gasteiger partial charge >= 0.3 is 5.97 Å². The lowest BCUT2D eigenvalue weighted by molar-refractivity contribution is 0.0601. The first-order valence-electron chi connectivity index (χ1n) is 7.41. The summed E-state index contributed by atoms with van der Waals surface area (Å²) in [4.78, 5) is 24.2. The summed E-state index contributed by atoms with van der Waals surface area (Å²) >= 11 is 12.2. The predicted octanol–water partition coefficient (Wildman–Crippen LogP) is 4.19. The van der Waals surface area contributed by atoms with Crippen molar-refractivity contribution in [1.82, 2.24) is 0 Å². The Balaban J connectivity index is 2.23. The number of methoxy groups -OCH3 is 2. The Kier molecular flexibility index (Phi) is 6.28. The minimum absolute atomic E-state index is 0.0158. The monoisotopic (exact) mass is 381 g/mol. The number of halogens is 2. The first kappa shape index (κ1) is 19.1. The number of nitrogen functional groups attached to an aromatic ring is 1. The van der Waals surface area contributed by atoms with Crippen LogP contribution in [-0.2, 0) is 11.2 Å². The maximum absolute atomic E-state index is 12.5. The zero-order valence-corrected chi connectivity index (χ0v) is 15.3. The minimum Gasteiger partial charge on any atom is -0.497 e. The second-order valence-electron chi connectivity index (χ2n) is 5.27. The van der Waals surface area contributed by atoms with Gasteiger partial charge in [0.2, 0.25) is 0 Å². The summed E-state index contributed by atoms with van der Waals surface area (Å²) < 4.78 is 9.78. The Morgan fingerprint density at radius 1 is 1.16 bits per heavy atom. The molecule has 0 saturated carbocycles. The smallest absolute Gasteiger partial charge is 0.340 e. The number of rotatable bonds is 6. The number of ketones is 1. The molecule has 0 bridgehead atoms. The fraction of sp³-hybridized carbons (Fsp3) is 0.222. The second-order valence-corrected chi connectivity index (χ2v) is 6.06. The van der Waals surface area contributed by atoms with E-state index in [-0.39, 0.29) is 39.1 Å². The van der Waals surface area contributed by atoms with Gasteiger partial charge in [-0.3, -0.25) is 4.79 Å². The molecule has 0 saturated heterocycles. The van der Waals surface area contributed by atoms with Crippen molar-refractivity contribution < 1.29 is 19.1 Å². The molecule has 25 heavy (non-hydrogen) atoms. The summed E-state index contributed by atoms with van der Waals surface area (Å²) in [6, 6.07) is 8.79. The van der Waals surface area contributed by atoms with Gasteiger partial charge in [-0.15, -0.1) is 0 Å². The van der Waals surface area contributed by atoms with Gasteiger partial charge in [-0.25, -0.2) is 4.79 Å². The summed E-state index contributed by atoms with van der Waals surface area (Å²) in [5.74, 6) is -0.212.